The minimum atomic E-state index is -1.28. The molecule has 0 bridgehead atoms. The van der Waals surface area contributed by atoms with Crippen LogP contribution in [0, 0.1) is 0 Å². The fourth-order valence-corrected chi connectivity index (χ4v) is 3.50. The molecule has 6 nitrogen and oxygen atoms in total. The van der Waals surface area contributed by atoms with Crippen molar-refractivity contribution in [3.63, 3.8) is 0 Å². The molecule has 1 N–H and O–H groups in total. The second-order valence-electron chi connectivity index (χ2n) is 6.05. The summed E-state index contributed by atoms with van der Waals surface area (Å²) in [6.07, 6.45) is -0.168. The van der Waals surface area contributed by atoms with Crippen molar-refractivity contribution in [2.24, 2.45) is 0 Å². The number of aromatic carboxylic acids is 1. The SMILES string of the molecule is CC[S+]([O-])c1cc(OC(C)C)c2oc3ccc(C(=O)O)cc3c(=O)c2c1. The van der Waals surface area contributed by atoms with Gasteiger partial charge >= 0.3 is 5.97 Å². The van der Waals surface area contributed by atoms with Crippen molar-refractivity contribution in [2.45, 2.75) is 31.8 Å². The predicted octanol–water partition coefficient (Wildman–Crippen LogP) is 3.56. The van der Waals surface area contributed by atoms with Gasteiger partial charge in [0.25, 0.3) is 0 Å². The van der Waals surface area contributed by atoms with Crippen LogP contribution >= 0.6 is 0 Å². The highest BCUT2D eigenvalue weighted by atomic mass is 32.2. The van der Waals surface area contributed by atoms with Gasteiger partial charge in [-0.05, 0) is 50.1 Å². The molecule has 0 aliphatic heterocycles. The summed E-state index contributed by atoms with van der Waals surface area (Å²) in [6, 6.07) is 7.28. The number of hydrogen-bond acceptors (Lipinski definition) is 5. The Balaban J connectivity index is 2.39. The van der Waals surface area contributed by atoms with E-state index >= 15 is 0 Å². The van der Waals surface area contributed by atoms with Gasteiger partial charge in [0, 0.05) is 12.1 Å². The van der Waals surface area contributed by atoms with Gasteiger partial charge in [0.1, 0.15) is 11.3 Å². The average molecular weight is 374 g/mol. The molecule has 136 valence electrons. The fraction of sp³-hybridized carbons (Fsp3) is 0.263. The number of carboxylic acid groups (broad SMARTS) is 1. The van der Waals surface area contributed by atoms with Crippen LogP contribution in [-0.4, -0.2) is 27.5 Å². The Bertz CT molecular complexity index is 1050. The number of carboxylic acids is 1. The van der Waals surface area contributed by atoms with Gasteiger partial charge in [0.15, 0.2) is 16.2 Å². The van der Waals surface area contributed by atoms with E-state index in [2.05, 4.69) is 0 Å². The minimum absolute atomic E-state index is 0.00362. The van der Waals surface area contributed by atoms with Crippen molar-refractivity contribution in [3.05, 3.63) is 46.1 Å². The lowest BCUT2D eigenvalue weighted by Gasteiger charge is -2.15. The first-order valence-corrected chi connectivity index (χ1v) is 9.46. The predicted molar refractivity (Wildman–Crippen MR) is 99.7 cm³/mol. The molecular weight excluding hydrogens is 356 g/mol. The fourth-order valence-electron chi connectivity index (χ4n) is 2.67. The highest BCUT2D eigenvalue weighted by Crippen LogP contribution is 2.32. The van der Waals surface area contributed by atoms with Crippen LogP contribution in [0.15, 0.2) is 44.4 Å². The first kappa shape index (κ1) is 18.3. The molecule has 0 fully saturated rings. The Hall–Kier alpha value is -2.51. The Morgan fingerprint density at radius 2 is 2.00 bits per heavy atom. The average Bonchev–Trinajstić information content (AvgIpc) is 2.60. The van der Waals surface area contributed by atoms with Crippen molar-refractivity contribution in [3.8, 4) is 5.75 Å². The number of ether oxygens (including phenoxy) is 1. The van der Waals surface area contributed by atoms with Crippen LogP contribution in [-0.2, 0) is 11.2 Å². The van der Waals surface area contributed by atoms with Gasteiger partial charge in [-0.1, -0.05) is 0 Å². The molecule has 0 aliphatic carbocycles. The maximum atomic E-state index is 13.0. The lowest BCUT2D eigenvalue weighted by molar-refractivity contribution is 0.0697. The van der Waals surface area contributed by atoms with E-state index in [1.165, 1.54) is 24.3 Å². The molecule has 3 aromatic rings. The van der Waals surface area contributed by atoms with Crippen LogP contribution in [0.5, 0.6) is 5.75 Å². The van der Waals surface area contributed by atoms with Crippen molar-refractivity contribution >= 4 is 39.1 Å². The summed E-state index contributed by atoms with van der Waals surface area (Å²) in [4.78, 5) is 24.6. The van der Waals surface area contributed by atoms with E-state index in [4.69, 9.17) is 14.3 Å². The van der Waals surface area contributed by atoms with Crippen LogP contribution in [0.3, 0.4) is 0 Å². The standard InChI is InChI=1S/C19H18O6S/c1-4-26(23)12-8-14-17(20)13-7-11(19(21)22)5-6-15(13)25-18(14)16(9-12)24-10(2)3/h5-10H,4H2,1-3H3,(H,21,22). The van der Waals surface area contributed by atoms with Crippen LogP contribution in [0.2, 0.25) is 0 Å². The van der Waals surface area contributed by atoms with Gasteiger partial charge in [-0.3, -0.25) is 4.79 Å². The topological polar surface area (TPSA) is 99.8 Å². The van der Waals surface area contributed by atoms with E-state index in [9.17, 15) is 14.1 Å². The maximum absolute atomic E-state index is 13.0. The molecule has 1 atom stereocenters. The van der Waals surface area contributed by atoms with Gasteiger partial charge in [-0.15, -0.1) is 0 Å². The number of rotatable bonds is 5. The van der Waals surface area contributed by atoms with E-state index in [0.717, 1.165) is 0 Å². The van der Waals surface area contributed by atoms with Crippen molar-refractivity contribution in [2.75, 3.05) is 5.75 Å². The molecule has 0 aliphatic rings. The molecule has 0 saturated heterocycles. The van der Waals surface area contributed by atoms with E-state index in [1.54, 1.807) is 13.0 Å². The molecule has 0 amide bonds. The van der Waals surface area contributed by atoms with E-state index in [0.29, 0.717) is 16.4 Å². The van der Waals surface area contributed by atoms with E-state index < -0.39 is 17.1 Å². The Labute approximate surface area is 152 Å². The van der Waals surface area contributed by atoms with Crippen molar-refractivity contribution in [1.29, 1.82) is 0 Å². The summed E-state index contributed by atoms with van der Waals surface area (Å²) in [7, 11) is 0. The van der Waals surface area contributed by atoms with Crippen molar-refractivity contribution in [1.82, 2.24) is 0 Å². The summed E-state index contributed by atoms with van der Waals surface area (Å²) < 4.78 is 23.9. The first-order chi connectivity index (χ1) is 12.3. The number of fused-ring (bicyclic) bond motifs is 2. The number of benzene rings is 2. The van der Waals surface area contributed by atoms with Crippen LogP contribution in [0.25, 0.3) is 21.9 Å². The zero-order valence-electron chi connectivity index (χ0n) is 14.6. The third-order valence-corrected chi connectivity index (χ3v) is 5.13. The molecule has 0 radical (unpaired) electrons. The van der Waals surface area contributed by atoms with E-state index in [-0.39, 0.29) is 39.0 Å². The molecular formula is C19H18O6S. The number of hydrogen-bond donors (Lipinski definition) is 1. The van der Waals surface area contributed by atoms with Gasteiger partial charge in [0.05, 0.1) is 22.4 Å². The van der Waals surface area contributed by atoms with Crippen LogP contribution < -0.4 is 10.2 Å². The monoisotopic (exact) mass is 374 g/mol. The highest BCUT2D eigenvalue weighted by Gasteiger charge is 2.20. The normalized spacial score (nSPS) is 12.7. The summed E-state index contributed by atoms with van der Waals surface area (Å²) in [6.45, 7) is 5.46. The van der Waals surface area contributed by atoms with Gasteiger partial charge in [0.2, 0.25) is 5.43 Å². The smallest absolute Gasteiger partial charge is 0.335 e. The lowest BCUT2D eigenvalue weighted by atomic mass is 10.1. The Morgan fingerprint density at radius 3 is 2.62 bits per heavy atom. The molecule has 0 saturated carbocycles. The zero-order chi connectivity index (χ0) is 19.0. The van der Waals surface area contributed by atoms with Gasteiger partial charge < -0.3 is 18.8 Å². The largest absolute Gasteiger partial charge is 0.611 e. The van der Waals surface area contributed by atoms with Crippen LogP contribution in [0.4, 0.5) is 0 Å². The molecule has 0 spiro atoms. The molecule has 1 unspecified atom stereocenters. The second kappa shape index (κ2) is 7.01. The third kappa shape index (κ3) is 3.27. The minimum Gasteiger partial charge on any atom is -0.611 e. The summed E-state index contributed by atoms with van der Waals surface area (Å²) in [5, 5.41) is 9.52. The molecule has 26 heavy (non-hydrogen) atoms. The lowest BCUT2D eigenvalue weighted by Crippen LogP contribution is -2.11. The molecule has 1 heterocycles. The summed E-state index contributed by atoms with van der Waals surface area (Å²) in [5.41, 5.74) is 0.144. The maximum Gasteiger partial charge on any atom is 0.335 e. The highest BCUT2D eigenvalue weighted by molar-refractivity contribution is 7.91. The Morgan fingerprint density at radius 1 is 1.27 bits per heavy atom. The third-order valence-electron chi connectivity index (χ3n) is 3.84. The van der Waals surface area contributed by atoms with E-state index in [1.807, 2.05) is 13.8 Å². The summed E-state index contributed by atoms with van der Waals surface area (Å²) in [5.74, 6) is -0.388. The van der Waals surface area contributed by atoms with Gasteiger partial charge in [-0.2, -0.15) is 0 Å². The van der Waals surface area contributed by atoms with Gasteiger partial charge in [-0.25, -0.2) is 4.79 Å². The quantitative estimate of drug-likeness (QED) is 0.541. The van der Waals surface area contributed by atoms with Crippen LogP contribution in [0.1, 0.15) is 31.1 Å². The molecule has 7 heteroatoms. The molecule has 3 rings (SSSR count). The first-order valence-electron chi connectivity index (χ1n) is 8.14. The zero-order valence-corrected chi connectivity index (χ0v) is 15.4. The molecule has 2 aromatic carbocycles. The second-order valence-corrected chi connectivity index (χ2v) is 7.79. The number of carbonyl (C=O) groups is 1. The molecule has 1 aromatic heterocycles. The Kier molecular flexibility index (Phi) is 4.93. The van der Waals surface area contributed by atoms with Crippen molar-refractivity contribution < 1.29 is 23.6 Å². The summed E-state index contributed by atoms with van der Waals surface area (Å²) >= 11 is -1.28.